The molecule has 0 saturated carbocycles. The van der Waals surface area contributed by atoms with E-state index in [2.05, 4.69) is 5.32 Å². The van der Waals surface area contributed by atoms with Gasteiger partial charge in [-0.2, -0.15) is 0 Å². The second-order valence-corrected chi connectivity index (χ2v) is 3.86. The lowest BCUT2D eigenvalue weighted by molar-refractivity contribution is -0.117. The molecule has 0 aliphatic heterocycles. The highest BCUT2D eigenvalue weighted by Crippen LogP contribution is 2.05. The van der Waals surface area contributed by atoms with Gasteiger partial charge in [0.05, 0.1) is 13.2 Å². The zero-order chi connectivity index (χ0) is 12.0. The van der Waals surface area contributed by atoms with Crippen molar-refractivity contribution in [2.24, 2.45) is 0 Å². The molecule has 1 amide bonds. The number of para-hydroxylation sites is 1. The second kappa shape index (κ2) is 6.25. The van der Waals surface area contributed by atoms with Crippen LogP contribution < -0.4 is 5.32 Å². The molecule has 4 nitrogen and oxygen atoms in total. The van der Waals surface area contributed by atoms with Crippen LogP contribution in [0, 0.1) is 0 Å². The molecule has 1 unspecified atom stereocenters. The van der Waals surface area contributed by atoms with Crippen LogP contribution in [0.1, 0.15) is 6.92 Å². The molecule has 16 heavy (non-hydrogen) atoms. The highest BCUT2D eigenvalue weighted by molar-refractivity contribution is 5.92. The van der Waals surface area contributed by atoms with E-state index in [4.69, 9.17) is 5.11 Å². The van der Waals surface area contributed by atoms with Crippen molar-refractivity contribution in [1.29, 1.82) is 0 Å². The molecule has 2 N–H and O–H groups in total. The normalized spacial score (nSPS) is 12.5. The van der Waals surface area contributed by atoms with Gasteiger partial charge in [0.25, 0.3) is 0 Å². The summed E-state index contributed by atoms with van der Waals surface area (Å²) in [5.74, 6) is -0.0750. The van der Waals surface area contributed by atoms with Gasteiger partial charge in [0.2, 0.25) is 5.91 Å². The van der Waals surface area contributed by atoms with Gasteiger partial charge in [0, 0.05) is 11.7 Å². The van der Waals surface area contributed by atoms with Gasteiger partial charge in [0.1, 0.15) is 0 Å². The van der Waals surface area contributed by atoms with E-state index in [9.17, 15) is 4.79 Å². The van der Waals surface area contributed by atoms with Gasteiger partial charge in [-0.1, -0.05) is 18.2 Å². The first kappa shape index (κ1) is 12.7. The molecule has 0 aromatic heterocycles. The van der Waals surface area contributed by atoms with Crippen molar-refractivity contribution >= 4 is 11.6 Å². The van der Waals surface area contributed by atoms with E-state index in [1.165, 1.54) is 0 Å². The summed E-state index contributed by atoms with van der Waals surface area (Å²) in [6.45, 7) is 2.20. The molecule has 1 rings (SSSR count). The third-order valence-corrected chi connectivity index (χ3v) is 2.47. The quantitative estimate of drug-likeness (QED) is 0.779. The van der Waals surface area contributed by atoms with Crippen molar-refractivity contribution in [2.45, 2.75) is 13.0 Å². The number of hydrogen-bond acceptors (Lipinski definition) is 3. The number of carbonyl (C=O) groups excluding carboxylic acids is 1. The molecule has 4 heteroatoms. The Morgan fingerprint density at radius 2 is 2.06 bits per heavy atom. The Balaban J connectivity index is 2.42. The molecular formula is C12H18N2O2. The van der Waals surface area contributed by atoms with Gasteiger partial charge >= 0.3 is 0 Å². The van der Waals surface area contributed by atoms with Gasteiger partial charge in [-0.15, -0.1) is 0 Å². The van der Waals surface area contributed by atoms with E-state index in [1.807, 2.05) is 44.3 Å². The minimum atomic E-state index is -0.0750. The maximum absolute atomic E-state index is 11.6. The van der Waals surface area contributed by atoms with Crippen LogP contribution >= 0.6 is 0 Å². The van der Waals surface area contributed by atoms with Crippen molar-refractivity contribution in [3.05, 3.63) is 30.3 Å². The van der Waals surface area contributed by atoms with Crippen LogP contribution in [0.2, 0.25) is 0 Å². The standard InChI is InChI=1S/C12H18N2O2/c1-10(9-15)14(2)8-12(16)13-11-6-4-3-5-7-11/h3-7,10,15H,8-9H2,1-2H3,(H,13,16). The lowest BCUT2D eigenvalue weighted by atomic mass is 10.3. The fourth-order valence-corrected chi connectivity index (χ4v) is 1.24. The van der Waals surface area contributed by atoms with Crippen LogP contribution in [0.25, 0.3) is 0 Å². The zero-order valence-electron chi connectivity index (χ0n) is 9.68. The summed E-state index contributed by atoms with van der Waals surface area (Å²) in [7, 11) is 1.81. The second-order valence-electron chi connectivity index (χ2n) is 3.86. The van der Waals surface area contributed by atoms with Crippen molar-refractivity contribution in [3.8, 4) is 0 Å². The highest BCUT2D eigenvalue weighted by atomic mass is 16.3. The monoisotopic (exact) mass is 222 g/mol. The highest BCUT2D eigenvalue weighted by Gasteiger charge is 2.11. The first-order valence-corrected chi connectivity index (χ1v) is 5.29. The van der Waals surface area contributed by atoms with Crippen LogP contribution in [0.5, 0.6) is 0 Å². The molecule has 0 radical (unpaired) electrons. The first-order chi connectivity index (χ1) is 7.63. The Hall–Kier alpha value is -1.39. The van der Waals surface area contributed by atoms with Gasteiger partial charge in [-0.25, -0.2) is 0 Å². The molecule has 0 fully saturated rings. The number of hydrogen-bond donors (Lipinski definition) is 2. The van der Waals surface area contributed by atoms with E-state index >= 15 is 0 Å². The van der Waals surface area contributed by atoms with Crippen LogP contribution in [-0.2, 0) is 4.79 Å². The number of nitrogens with one attached hydrogen (secondary N) is 1. The average Bonchev–Trinajstić information content (AvgIpc) is 2.29. The molecule has 88 valence electrons. The molecule has 0 saturated heterocycles. The number of likely N-dealkylation sites (N-methyl/N-ethyl adjacent to an activating group) is 1. The fourth-order valence-electron chi connectivity index (χ4n) is 1.24. The summed E-state index contributed by atoms with van der Waals surface area (Å²) < 4.78 is 0. The maximum Gasteiger partial charge on any atom is 0.238 e. The molecule has 0 aliphatic rings. The number of nitrogens with zero attached hydrogens (tertiary/aromatic N) is 1. The number of benzene rings is 1. The SMILES string of the molecule is CC(CO)N(C)CC(=O)Nc1ccccc1. The van der Waals surface area contributed by atoms with Crippen molar-refractivity contribution in [2.75, 3.05) is 25.5 Å². The average molecular weight is 222 g/mol. The Morgan fingerprint density at radius 3 is 2.62 bits per heavy atom. The first-order valence-electron chi connectivity index (χ1n) is 5.29. The number of rotatable bonds is 5. The lowest BCUT2D eigenvalue weighted by Crippen LogP contribution is -2.38. The minimum absolute atomic E-state index is 0.0125. The molecular weight excluding hydrogens is 204 g/mol. The largest absolute Gasteiger partial charge is 0.395 e. The fraction of sp³-hybridized carbons (Fsp3) is 0.417. The van der Waals surface area contributed by atoms with Crippen molar-refractivity contribution < 1.29 is 9.90 Å². The topological polar surface area (TPSA) is 52.6 Å². The maximum atomic E-state index is 11.6. The number of amides is 1. The number of carbonyl (C=O) groups is 1. The molecule has 0 aliphatic carbocycles. The summed E-state index contributed by atoms with van der Waals surface area (Å²) in [6.07, 6.45) is 0. The number of aliphatic hydroxyl groups excluding tert-OH is 1. The van der Waals surface area contributed by atoms with E-state index in [0.29, 0.717) is 0 Å². The Bertz CT molecular complexity index is 327. The summed E-state index contributed by atoms with van der Waals surface area (Å²) in [5.41, 5.74) is 0.789. The molecule has 0 spiro atoms. The Labute approximate surface area is 95.9 Å². The smallest absolute Gasteiger partial charge is 0.238 e. The van der Waals surface area contributed by atoms with Crippen LogP contribution in [0.4, 0.5) is 5.69 Å². The van der Waals surface area contributed by atoms with Crippen molar-refractivity contribution in [1.82, 2.24) is 4.90 Å². The van der Waals surface area contributed by atoms with Crippen molar-refractivity contribution in [3.63, 3.8) is 0 Å². The summed E-state index contributed by atoms with van der Waals surface area (Å²) >= 11 is 0. The Kier molecular flexibility index (Phi) is 4.95. The summed E-state index contributed by atoms with van der Waals surface area (Å²) in [4.78, 5) is 13.4. The van der Waals surface area contributed by atoms with E-state index in [0.717, 1.165) is 5.69 Å². The summed E-state index contributed by atoms with van der Waals surface area (Å²) in [6, 6.07) is 9.31. The third-order valence-electron chi connectivity index (χ3n) is 2.47. The van der Waals surface area contributed by atoms with E-state index in [-0.39, 0.29) is 25.1 Å². The van der Waals surface area contributed by atoms with Gasteiger partial charge in [-0.3, -0.25) is 9.69 Å². The van der Waals surface area contributed by atoms with Gasteiger partial charge in [-0.05, 0) is 26.1 Å². The predicted octanol–water partition coefficient (Wildman–Crippen LogP) is 0.938. The summed E-state index contributed by atoms with van der Waals surface area (Å²) in [5, 5.41) is 11.7. The molecule has 0 bridgehead atoms. The number of aliphatic hydroxyl groups is 1. The van der Waals surface area contributed by atoms with E-state index in [1.54, 1.807) is 4.90 Å². The molecule has 0 heterocycles. The van der Waals surface area contributed by atoms with Crippen LogP contribution in [0.3, 0.4) is 0 Å². The van der Waals surface area contributed by atoms with Gasteiger partial charge < -0.3 is 10.4 Å². The lowest BCUT2D eigenvalue weighted by Gasteiger charge is -2.21. The molecule has 1 aromatic carbocycles. The van der Waals surface area contributed by atoms with Gasteiger partial charge in [0.15, 0.2) is 0 Å². The third kappa shape index (κ3) is 4.00. The molecule has 1 aromatic rings. The zero-order valence-corrected chi connectivity index (χ0v) is 9.68. The minimum Gasteiger partial charge on any atom is -0.395 e. The predicted molar refractivity (Wildman–Crippen MR) is 64.2 cm³/mol. The number of anilines is 1. The van der Waals surface area contributed by atoms with E-state index < -0.39 is 0 Å². The Morgan fingerprint density at radius 1 is 1.44 bits per heavy atom. The molecule has 1 atom stereocenters. The van der Waals surface area contributed by atoms with Crippen LogP contribution in [0.15, 0.2) is 30.3 Å². The van der Waals surface area contributed by atoms with Crippen LogP contribution in [-0.4, -0.2) is 42.2 Å².